The number of aryl methyl sites for hydroxylation is 1. The number of hydrogen-bond donors (Lipinski definition) is 2. The molecule has 2 aromatic rings. The van der Waals surface area contributed by atoms with Crippen LogP contribution in [0.25, 0.3) is 0 Å². The third kappa shape index (κ3) is 4.63. The molecule has 0 fully saturated rings. The van der Waals surface area contributed by atoms with Gasteiger partial charge in [-0.3, -0.25) is 4.98 Å². The summed E-state index contributed by atoms with van der Waals surface area (Å²) in [5.74, 6) is 0. The van der Waals surface area contributed by atoms with Gasteiger partial charge in [-0.1, -0.05) is 18.2 Å². The van der Waals surface area contributed by atoms with Crippen LogP contribution in [0.2, 0.25) is 0 Å². The van der Waals surface area contributed by atoms with E-state index in [-0.39, 0.29) is 11.4 Å². The van der Waals surface area contributed by atoms with E-state index in [2.05, 4.69) is 9.71 Å². The maximum absolute atomic E-state index is 12.2. The van der Waals surface area contributed by atoms with E-state index in [1.165, 1.54) is 0 Å². The number of pyridine rings is 1. The van der Waals surface area contributed by atoms with Crippen molar-refractivity contribution >= 4 is 10.0 Å². The third-order valence-electron chi connectivity index (χ3n) is 3.07. The fourth-order valence-corrected chi connectivity index (χ4v) is 2.90. The largest absolute Gasteiger partial charge is 0.330 e. The Morgan fingerprint density at radius 3 is 2.48 bits per heavy atom. The lowest BCUT2D eigenvalue weighted by Gasteiger charge is -2.07. The van der Waals surface area contributed by atoms with Crippen molar-refractivity contribution in [2.75, 3.05) is 6.54 Å². The SMILES string of the molecule is NCCCc1ccc(S(=O)(=O)NCc2ccccn2)cc1. The normalized spacial score (nSPS) is 11.5. The van der Waals surface area contributed by atoms with Gasteiger partial charge >= 0.3 is 0 Å². The smallest absolute Gasteiger partial charge is 0.240 e. The molecule has 2 rings (SSSR count). The summed E-state index contributed by atoms with van der Waals surface area (Å²) in [4.78, 5) is 4.34. The lowest BCUT2D eigenvalue weighted by molar-refractivity contribution is 0.580. The predicted molar refractivity (Wildman–Crippen MR) is 82.1 cm³/mol. The minimum atomic E-state index is -3.51. The van der Waals surface area contributed by atoms with Gasteiger partial charge in [0.2, 0.25) is 10.0 Å². The van der Waals surface area contributed by atoms with Crippen molar-refractivity contribution < 1.29 is 8.42 Å². The van der Waals surface area contributed by atoms with Crippen LogP contribution in [0.4, 0.5) is 0 Å². The van der Waals surface area contributed by atoms with Gasteiger partial charge in [-0.25, -0.2) is 13.1 Å². The number of rotatable bonds is 7. The summed E-state index contributed by atoms with van der Waals surface area (Å²) in [5.41, 5.74) is 7.23. The average molecular weight is 305 g/mol. The van der Waals surface area contributed by atoms with Gasteiger partial charge in [0.15, 0.2) is 0 Å². The first-order valence-corrected chi connectivity index (χ1v) is 8.29. The molecule has 6 heteroatoms. The lowest BCUT2D eigenvalue weighted by Crippen LogP contribution is -2.23. The van der Waals surface area contributed by atoms with Crippen molar-refractivity contribution in [2.45, 2.75) is 24.3 Å². The first-order valence-electron chi connectivity index (χ1n) is 6.80. The molecule has 0 saturated heterocycles. The highest BCUT2D eigenvalue weighted by Crippen LogP contribution is 2.12. The molecule has 0 aliphatic heterocycles. The molecule has 0 saturated carbocycles. The van der Waals surface area contributed by atoms with Crippen LogP contribution in [0.3, 0.4) is 0 Å². The summed E-state index contributed by atoms with van der Waals surface area (Å²) >= 11 is 0. The molecule has 0 unspecified atom stereocenters. The maximum Gasteiger partial charge on any atom is 0.240 e. The Balaban J connectivity index is 2.02. The molecule has 0 spiro atoms. The summed E-state index contributed by atoms with van der Waals surface area (Å²) in [6, 6.07) is 12.3. The van der Waals surface area contributed by atoms with E-state index in [0.29, 0.717) is 12.2 Å². The van der Waals surface area contributed by atoms with Crippen LogP contribution in [0.5, 0.6) is 0 Å². The molecule has 0 atom stereocenters. The van der Waals surface area contributed by atoms with Gasteiger partial charge in [0, 0.05) is 6.20 Å². The van der Waals surface area contributed by atoms with E-state index in [1.54, 1.807) is 30.5 Å². The molecule has 112 valence electrons. The molecule has 1 aromatic heterocycles. The van der Waals surface area contributed by atoms with E-state index >= 15 is 0 Å². The predicted octanol–water partition coefficient (Wildman–Crippen LogP) is 1.45. The number of hydrogen-bond acceptors (Lipinski definition) is 4. The lowest BCUT2D eigenvalue weighted by atomic mass is 10.1. The maximum atomic E-state index is 12.2. The third-order valence-corrected chi connectivity index (χ3v) is 4.49. The van der Waals surface area contributed by atoms with Gasteiger partial charge in [0.05, 0.1) is 17.1 Å². The van der Waals surface area contributed by atoms with Gasteiger partial charge < -0.3 is 5.73 Å². The van der Waals surface area contributed by atoms with Crippen molar-refractivity contribution in [3.63, 3.8) is 0 Å². The number of nitrogens with one attached hydrogen (secondary N) is 1. The summed E-state index contributed by atoms with van der Waals surface area (Å²) in [5, 5.41) is 0. The topological polar surface area (TPSA) is 85.1 Å². The number of nitrogens with zero attached hydrogens (tertiary/aromatic N) is 1. The highest BCUT2D eigenvalue weighted by Gasteiger charge is 2.13. The monoisotopic (exact) mass is 305 g/mol. The number of aromatic nitrogens is 1. The zero-order valence-electron chi connectivity index (χ0n) is 11.7. The number of nitrogens with two attached hydrogens (primary N) is 1. The molecule has 1 aromatic carbocycles. The second kappa shape index (κ2) is 7.31. The van der Waals surface area contributed by atoms with Gasteiger partial charge in [0.25, 0.3) is 0 Å². The Labute approximate surface area is 125 Å². The summed E-state index contributed by atoms with van der Waals surface area (Å²) in [6.07, 6.45) is 3.39. The van der Waals surface area contributed by atoms with Crippen LogP contribution in [0, 0.1) is 0 Å². The van der Waals surface area contributed by atoms with Crippen molar-refractivity contribution in [1.29, 1.82) is 0 Å². The first-order chi connectivity index (χ1) is 10.1. The fraction of sp³-hybridized carbons (Fsp3) is 0.267. The first kappa shape index (κ1) is 15.6. The van der Waals surface area contributed by atoms with Crippen LogP contribution in [0.15, 0.2) is 53.6 Å². The Hall–Kier alpha value is -1.76. The quantitative estimate of drug-likeness (QED) is 0.811. The van der Waals surface area contributed by atoms with E-state index < -0.39 is 10.0 Å². The van der Waals surface area contributed by atoms with Crippen LogP contribution in [-0.2, 0) is 23.0 Å². The molecule has 21 heavy (non-hydrogen) atoms. The zero-order valence-corrected chi connectivity index (χ0v) is 12.5. The average Bonchev–Trinajstić information content (AvgIpc) is 2.52. The minimum absolute atomic E-state index is 0.179. The summed E-state index contributed by atoms with van der Waals surface area (Å²) in [6.45, 7) is 0.809. The van der Waals surface area contributed by atoms with Crippen molar-refractivity contribution in [3.05, 3.63) is 59.9 Å². The molecule has 5 nitrogen and oxygen atoms in total. The van der Waals surface area contributed by atoms with Gasteiger partial charge in [0.1, 0.15) is 0 Å². The highest BCUT2D eigenvalue weighted by atomic mass is 32.2. The minimum Gasteiger partial charge on any atom is -0.330 e. The Kier molecular flexibility index (Phi) is 5.44. The second-order valence-electron chi connectivity index (χ2n) is 4.68. The van der Waals surface area contributed by atoms with E-state index in [4.69, 9.17) is 5.73 Å². The second-order valence-corrected chi connectivity index (χ2v) is 6.45. The van der Waals surface area contributed by atoms with Crippen LogP contribution in [-0.4, -0.2) is 19.9 Å². The van der Waals surface area contributed by atoms with Crippen LogP contribution in [0.1, 0.15) is 17.7 Å². The standard InChI is InChI=1S/C15H19N3O2S/c16-10-3-4-13-6-8-15(9-7-13)21(19,20)18-12-14-5-1-2-11-17-14/h1-2,5-9,11,18H,3-4,10,12,16H2. The Bertz CT molecular complexity index is 655. The highest BCUT2D eigenvalue weighted by molar-refractivity contribution is 7.89. The Morgan fingerprint density at radius 1 is 1.10 bits per heavy atom. The molecular formula is C15H19N3O2S. The molecular weight excluding hydrogens is 286 g/mol. The molecule has 0 amide bonds. The fourth-order valence-electron chi connectivity index (χ4n) is 1.90. The Morgan fingerprint density at radius 2 is 1.86 bits per heavy atom. The van der Waals surface area contributed by atoms with E-state index in [0.717, 1.165) is 18.4 Å². The number of benzene rings is 1. The van der Waals surface area contributed by atoms with Crippen LogP contribution >= 0.6 is 0 Å². The van der Waals surface area contributed by atoms with E-state index in [1.807, 2.05) is 18.2 Å². The van der Waals surface area contributed by atoms with Gasteiger partial charge in [-0.2, -0.15) is 0 Å². The van der Waals surface area contributed by atoms with Crippen LogP contribution < -0.4 is 10.5 Å². The van der Waals surface area contributed by atoms with Crippen molar-refractivity contribution in [3.8, 4) is 0 Å². The zero-order chi connectivity index (χ0) is 15.1. The molecule has 3 N–H and O–H groups in total. The molecule has 0 bridgehead atoms. The molecule has 0 radical (unpaired) electrons. The summed E-state index contributed by atoms with van der Waals surface area (Å²) < 4.78 is 26.9. The van der Waals surface area contributed by atoms with Crippen molar-refractivity contribution in [2.24, 2.45) is 5.73 Å². The molecule has 0 aliphatic rings. The van der Waals surface area contributed by atoms with Crippen molar-refractivity contribution in [1.82, 2.24) is 9.71 Å². The van der Waals surface area contributed by atoms with Gasteiger partial charge in [-0.15, -0.1) is 0 Å². The van der Waals surface area contributed by atoms with Gasteiger partial charge in [-0.05, 0) is 49.2 Å². The van der Waals surface area contributed by atoms with E-state index in [9.17, 15) is 8.42 Å². The number of sulfonamides is 1. The molecule has 0 aliphatic carbocycles. The summed E-state index contributed by atoms with van der Waals surface area (Å²) in [7, 11) is -3.51. The molecule has 1 heterocycles.